The van der Waals surface area contributed by atoms with Crippen LogP contribution in [0.5, 0.6) is 34.5 Å². The van der Waals surface area contributed by atoms with Crippen molar-refractivity contribution in [3.8, 4) is 34.5 Å². The molecule has 0 saturated carbocycles. The van der Waals surface area contributed by atoms with Crippen LogP contribution in [0.15, 0.2) is 54.6 Å². The maximum Gasteiger partial charge on any atom is 0.326 e. The van der Waals surface area contributed by atoms with Crippen molar-refractivity contribution < 1.29 is 59.7 Å². The lowest BCUT2D eigenvalue weighted by Gasteiger charge is -2.22. The van der Waals surface area contributed by atoms with E-state index >= 15 is 0 Å². The number of hydrogen-bond acceptors (Lipinski definition) is 11. The molecule has 16 heteroatoms. The van der Waals surface area contributed by atoms with Gasteiger partial charge in [-0.2, -0.15) is 0 Å². The Kier molecular flexibility index (Phi) is 13.4. The summed E-state index contributed by atoms with van der Waals surface area (Å²) < 4.78 is 0. The molecule has 0 radical (unpaired) electrons. The van der Waals surface area contributed by atoms with Crippen molar-refractivity contribution in [2.24, 2.45) is 0 Å². The number of amides is 4. The quantitative estimate of drug-likeness (QED) is 0.0718. The molecule has 49 heavy (non-hydrogen) atoms. The highest BCUT2D eigenvalue weighted by Gasteiger charge is 2.27. The highest BCUT2D eigenvalue weighted by Crippen LogP contribution is 2.30. The van der Waals surface area contributed by atoms with Crippen LogP contribution in [-0.4, -0.2) is 90.5 Å². The van der Waals surface area contributed by atoms with E-state index in [2.05, 4.69) is 21.3 Å². The second-order valence-electron chi connectivity index (χ2n) is 10.9. The number of carbonyl (C=O) groups excluding carboxylic acids is 4. The number of benzene rings is 3. The van der Waals surface area contributed by atoms with E-state index in [1.165, 1.54) is 48.5 Å². The van der Waals surface area contributed by atoms with Crippen molar-refractivity contribution in [3.05, 3.63) is 71.3 Å². The molecule has 0 heterocycles. The fourth-order valence-electron chi connectivity index (χ4n) is 4.72. The number of carboxylic acids is 1. The summed E-state index contributed by atoms with van der Waals surface area (Å²) in [6.45, 7) is 0.185. The third-order valence-corrected chi connectivity index (χ3v) is 7.42. The minimum Gasteiger partial charge on any atom is -0.504 e. The second-order valence-corrected chi connectivity index (χ2v) is 10.9. The Balaban J connectivity index is 1.58. The van der Waals surface area contributed by atoms with Crippen LogP contribution >= 0.6 is 0 Å². The predicted molar refractivity (Wildman–Crippen MR) is 173 cm³/mol. The number of phenolic OH excluding ortho intramolecular Hbond substituents is 6. The molecule has 2 atom stereocenters. The SMILES string of the molecule is O=C(NCCCC[C@H](NC(=O)[C@H](CCCCNC(=O)c1cccc(O)c1O)NC(=O)c1cccc(O)c1O)C(=O)O)c1cccc(O)c1O. The van der Waals surface area contributed by atoms with Crippen molar-refractivity contribution in [3.63, 3.8) is 0 Å². The standard InChI is InChI=1S/C33H38N4O12/c38-23-13-5-8-18(26(23)41)29(44)34-16-3-1-11-21(36-31(46)20-10-7-15-25(40)28(20)43)32(47)37-22(33(48)49)12-2-4-17-35-30(45)19-9-6-14-24(39)27(19)42/h5-10,13-15,21-22,38-43H,1-4,11-12,16-17H2,(H,34,44)(H,35,45)(H,36,46)(H,37,47)(H,48,49)/t21-,22-/m0/s1. The molecule has 0 spiro atoms. The number of rotatable bonds is 17. The Morgan fingerprint density at radius 2 is 0.898 bits per heavy atom. The van der Waals surface area contributed by atoms with Crippen molar-refractivity contribution in [1.29, 1.82) is 0 Å². The molecule has 3 rings (SSSR count). The molecule has 4 amide bonds. The number of carbonyl (C=O) groups is 5. The number of hydrogen-bond donors (Lipinski definition) is 11. The number of nitrogens with one attached hydrogen (secondary N) is 4. The Morgan fingerprint density at radius 3 is 1.31 bits per heavy atom. The zero-order chi connectivity index (χ0) is 36.1. The third kappa shape index (κ3) is 10.4. The zero-order valence-electron chi connectivity index (χ0n) is 26.2. The average Bonchev–Trinajstić information content (AvgIpc) is 3.06. The summed E-state index contributed by atoms with van der Waals surface area (Å²) in [5.74, 6) is -7.78. The molecule has 0 saturated heterocycles. The Labute approximate surface area is 280 Å². The van der Waals surface area contributed by atoms with Gasteiger partial charge in [0.1, 0.15) is 12.1 Å². The molecular formula is C33H38N4O12. The summed E-state index contributed by atoms with van der Waals surface area (Å²) in [7, 11) is 0. The minimum absolute atomic E-state index is 0.0232. The Hall–Kier alpha value is -6.19. The van der Waals surface area contributed by atoms with Gasteiger partial charge < -0.3 is 57.0 Å². The van der Waals surface area contributed by atoms with Gasteiger partial charge in [0.2, 0.25) is 5.91 Å². The molecule has 3 aromatic carbocycles. The fourth-order valence-corrected chi connectivity index (χ4v) is 4.72. The van der Waals surface area contributed by atoms with Gasteiger partial charge in [-0.1, -0.05) is 18.2 Å². The number of phenols is 6. The molecule has 0 aliphatic carbocycles. The Morgan fingerprint density at radius 1 is 0.510 bits per heavy atom. The first-order valence-corrected chi connectivity index (χ1v) is 15.2. The average molecular weight is 683 g/mol. The van der Waals surface area contributed by atoms with Crippen LogP contribution in [-0.2, 0) is 9.59 Å². The molecule has 0 aromatic heterocycles. The van der Waals surface area contributed by atoms with Crippen LogP contribution in [0.2, 0.25) is 0 Å². The number of carboxylic acid groups (broad SMARTS) is 1. The third-order valence-electron chi connectivity index (χ3n) is 7.42. The van der Waals surface area contributed by atoms with Crippen molar-refractivity contribution >= 4 is 29.6 Å². The van der Waals surface area contributed by atoms with E-state index in [0.29, 0.717) is 6.42 Å². The van der Waals surface area contributed by atoms with Gasteiger partial charge in [0.15, 0.2) is 34.5 Å². The second kappa shape index (κ2) is 17.7. The maximum atomic E-state index is 13.3. The van der Waals surface area contributed by atoms with Crippen LogP contribution < -0.4 is 21.3 Å². The lowest BCUT2D eigenvalue weighted by atomic mass is 10.0. The lowest BCUT2D eigenvalue weighted by molar-refractivity contribution is -0.142. The summed E-state index contributed by atoms with van der Waals surface area (Å²) in [4.78, 5) is 62.9. The Bertz CT molecular complexity index is 1680. The molecule has 0 unspecified atom stereocenters. The normalized spacial score (nSPS) is 11.9. The van der Waals surface area contributed by atoms with E-state index < -0.39 is 76.2 Å². The number of aliphatic carboxylic acids is 1. The monoisotopic (exact) mass is 682 g/mol. The number of aromatic hydroxyl groups is 6. The summed E-state index contributed by atoms with van der Waals surface area (Å²) >= 11 is 0. The minimum atomic E-state index is -1.37. The first-order chi connectivity index (χ1) is 23.3. The molecule has 0 fully saturated rings. The van der Waals surface area contributed by atoms with E-state index in [4.69, 9.17) is 0 Å². The van der Waals surface area contributed by atoms with E-state index in [9.17, 15) is 59.7 Å². The summed E-state index contributed by atoms with van der Waals surface area (Å²) in [6, 6.07) is 8.83. The van der Waals surface area contributed by atoms with Gasteiger partial charge in [0, 0.05) is 13.1 Å². The first kappa shape index (κ1) is 37.3. The lowest BCUT2D eigenvalue weighted by Crippen LogP contribution is -2.51. The van der Waals surface area contributed by atoms with Crippen molar-refractivity contribution in [1.82, 2.24) is 21.3 Å². The smallest absolute Gasteiger partial charge is 0.326 e. The van der Waals surface area contributed by atoms with Crippen LogP contribution in [0.3, 0.4) is 0 Å². The molecule has 11 N–H and O–H groups in total. The van der Waals surface area contributed by atoms with Crippen molar-refractivity contribution in [2.75, 3.05) is 13.1 Å². The van der Waals surface area contributed by atoms with Gasteiger partial charge in [-0.05, 0) is 74.9 Å². The van der Waals surface area contributed by atoms with Crippen molar-refractivity contribution in [2.45, 2.75) is 50.6 Å². The van der Waals surface area contributed by atoms with Crippen LogP contribution in [0.25, 0.3) is 0 Å². The highest BCUT2D eigenvalue weighted by molar-refractivity contribution is 6.01. The van der Waals surface area contributed by atoms with Gasteiger partial charge >= 0.3 is 5.97 Å². The zero-order valence-corrected chi connectivity index (χ0v) is 26.2. The van der Waals surface area contributed by atoms with Gasteiger partial charge in [0.05, 0.1) is 16.7 Å². The first-order valence-electron chi connectivity index (χ1n) is 15.2. The molecule has 262 valence electrons. The summed E-state index contributed by atoms with van der Waals surface area (Å²) in [5, 5.41) is 78.5. The van der Waals surface area contributed by atoms with E-state index in [-0.39, 0.29) is 61.9 Å². The van der Waals surface area contributed by atoms with E-state index in [1.54, 1.807) is 0 Å². The number of para-hydroxylation sites is 3. The van der Waals surface area contributed by atoms with Gasteiger partial charge in [-0.3, -0.25) is 19.2 Å². The van der Waals surface area contributed by atoms with Gasteiger partial charge in [-0.25, -0.2) is 4.79 Å². The van der Waals surface area contributed by atoms with Crippen LogP contribution in [0.4, 0.5) is 0 Å². The fraction of sp³-hybridized carbons (Fsp3) is 0.303. The molecule has 0 aliphatic rings. The molecule has 0 bridgehead atoms. The van der Waals surface area contributed by atoms with Gasteiger partial charge in [-0.15, -0.1) is 0 Å². The molecular weight excluding hydrogens is 644 g/mol. The summed E-state index contributed by atoms with van der Waals surface area (Å²) in [6.07, 6.45) is 1.00. The van der Waals surface area contributed by atoms with Crippen LogP contribution in [0.1, 0.15) is 69.6 Å². The largest absolute Gasteiger partial charge is 0.504 e. The predicted octanol–water partition coefficient (Wildman–Crippen LogP) is 1.79. The highest BCUT2D eigenvalue weighted by atomic mass is 16.4. The molecule has 0 aliphatic heterocycles. The topological polar surface area (TPSA) is 275 Å². The maximum absolute atomic E-state index is 13.3. The molecule has 16 nitrogen and oxygen atoms in total. The van der Waals surface area contributed by atoms with E-state index in [0.717, 1.165) is 6.07 Å². The van der Waals surface area contributed by atoms with E-state index in [1.807, 2.05) is 0 Å². The summed E-state index contributed by atoms with van der Waals surface area (Å²) in [5.41, 5.74) is -0.610. The van der Waals surface area contributed by atoms with Gasteiger partial charge in [0.25, 0.3) is 17.7 Å². The molecule has 3 aromatic rings. The number of unbranched alkanes of at least 4 members (excludes halogenated alkanes) is 2. The van der Waals surface area contributed by atoms with Crippen LogP contribution in [0, 0.1) is 0 Å².